The molecule has 7 nitrogen and oxygen atoms in total. The molecule has 1 saturated heterocycles. The molecule has 2 aromatic heterocycles. The van der Waals surface area contributed by atoms with Gasteiger partial charge in [0.2, 0.25) is 0 Å². The molecule has 30 heavy (non-hydrogen) atoms. The zero-order valence-corrected chi connectivity index (χ0v) is 15.9. The summed E-state index contributed by atoms with van der Waals surface area (Å²) in [5.74, 6) is -0.478. The predicted molar refractivity (Wildman–Crippen MR) is 106 cm³/mol. The van der Waals surface area contributed by atoms with Crippen LogP contribution in [0.1, 0.15) is 28.5 Å². The molecule has 1 amide bonds. The Kier molecular flexibility index (Phi) is 4.35. The van der Waals surface area contributed by atoms with E-state index >= 15 is 0 Å². The standard InChI is InChI=1S/C23H18N2O5/c26-21(16-5-6-17-15(11-16)7-10-30-17)19-20(18-4-2-9-29-18)25(23(28)22(19)27)13-14-3-1-8-24-12-14/h1-6,8-9,11-12,20,26H,7,10,13H2/b21-19-. The zero-order chi connectivity index (χ0) is 20.7. The van der Waals surface area contributed by atoms with Crippen LogP contribution in [0.3, 0.4) is 0 Å². The Labute approximate surface area is 172 Å². The van der Waals surface area contributed by atoms with Crippen molar-refractivity contribution in [1.82, 2.24) is 9.88 Å². The minimum Gasteiger partial charge on any atom is -0.507 e. The van der Waals surface area contributed by atoms with Gasteiger partial charge in [-0.2, -0.15) is 0 Å². The second-order valence-corrected chi connectivity index (χ2v) is 7.22. The Morgan fingerprint density at radius 1 is 1.20 bits per heavy atom. The van der Waals surface area contributed by atoms with Gasteiger partial charge in [-0.05, 0) is 47.5 Å². The van der Waals surface area contributed by atoms with E-state index in [0.29, 0.717) is 17.9 Å². The SMILES string of the molecule is O=C1C(=O)N(Cc2cccnc2)C(c2ccco2)/C1=C(/O)c1ccc2c(c1)CCO2. The van der Waals surface area contributed by atoms with Crippen LogP contribution in [0.5, 0.6) is 5.75 Å². The lowest BCUT2D eigenvalue weighted by atomic mass is 9.98. The van der Waals surface area contributed by atoms with Gasteiger partial charge in [-0.3, -0.25) is 14.6 Å². The van der Waals surface area contributed by atoms with Gasteiger partial charge in [-0.1, -0.05) is 6.07 Å². The van der Waals surface area contributed by atoms with Crippen molar-refractivity contribution < 1.29 is 23.8 Å². The molecule has 1 atom stereocenters. The Morgan fingerprint density at radius 3 is 2.87 bits per heavy atom. The quantitative estimate of drug-likeness (QED) is 0.409. The number of nitrogens with zero attached hydrogens (tertiary/aromatic N) is 2. The second kappa shape index (κ2) is 7.18. The molecule has 1 fully saturated rings. The first kappa shape index (κ1) is 18.2. The highest BCUT2D eigenvalue weighted by Crippen LogP contribution is 2.41. The number of rotatable bonds is 4. The van der Waals surface area contributed by atoms with Gasteiger partial charge in [-0.25, -0.2) is 0 Å². The number of likely N-dealkylation sites (tertiary alicyclic amines) is 1. The lowest BCUT2D eigenvalue weighted by Gasteiger charge is -2.23. The number of aliphatic hydroxyl groups excluding tert-OH is 1. The summed E-state index contributed by atoms with van der Waals surface area (Å²) in [5.41, 5.74) is 2.21. The Hall–Kier alpha value is -3.87. The van der Waals surface area contributed by atoms with Gasteiger partial charge < -0.3 is 19.2 Å². The molecule has 0 saturated carbocycles. The van der Waals surface area contributed by atoms with Crippen LogP contribution < -0.4 is 4.74 Å². The number of carbonyl (C=O) groups excluding carboxylic acids is 2. The summed E-state index contributed by atoms with van der Waals surface area (Å²) in [6.45, 7) is 0.750. The van der Waals surface area contributed by atoms with Crippen molar-refractivity contribution in [3.63, 3.8) is 0 Å². The van der Waals surface area contributed by atoms with Crippen molar-refractivity contribution in [2.45, 2.75) is 19.0 Å². The van der Waals surface area contributed by atoms with Crippen molar-refractivity contribution in [2.24, 2.45) is 0 Å². The van der Waals surface area contributed by atoms with Crippen LogP contribution in [0.25, 0.3) is 5.76 Å². The normalized spacial score (nSPS) is 19.7. The summed E-state index contributed by atoms with van der Waals surface area (Å²) in [4.78, 5) is 31.3. The number of amides is 1. The molecule has 5 rings (SSSR count). The van der Waals surface area contributed by atoms with E-state index in [2.05, 4.69) is 4.98 Å². The third kappa shape index (κ3) is 2.95. The first-order chi connectivity index (χ1) is 14.6. The van der Waals surface area contributed by atoms with Gasteiger partial charge in [0.25, 0.3) is 11.7 Å². The Balaban J connectivity index is 1.61. The number of aliphatic hydroxyl groups is 1. The molecule has 1 unspecified atom stereocenters. The molecule has 150 valence electrons. The summed E-state index contributed by atoms with van der Waals surface area (Å²) in [5, 5.41) is 11.1. The first-order valence-electron chi connectivity index (χ1n) is 9.60. The molecule has 1 N–H and O–H groups in total. The molecule has 0 bridgehead atoms. The molecular weight excluding hydrogens is 384 g/mol. The summed E-state index contributed by atoms with van der Waals surface area (Å²) < 4.78 is 11.1. The number of pyridine rings is 1. The van der Waals surface area contributed by atoms with Gasteiger partial charge in [0.05, 0.1) is 18.4 Å². The number of hydrogen-bond donors (Lipinski definition) is 1. The number of hydrogen-bond acceptors (Lipinski definition) is 6. The summed E-state index contributed by atoms with van der Waals surface area (Å²) >= 11 is 0. The maximum absolute atomic E-state index is 13.0. The average molecular weight is 402 g/mol. The molecule has 1 aromatic carbocycles. The number of ketones is 1. The van der Waals surface area contributed by atoms with Crippen LogP contribution >= 0.6 is 0 Å². The fourth-order valence-electron chi connectivity index (χ4n) is 3.96. The number of Topliss-reactive ketones (excluding diaryl/α,β-unsaturated/α-hetero) is 1. The third-order valence-corrected chi connectivity index (χ3v) is 5.39. The molecule has 0 spiro atoms. The smallest absolute Gasteiger partial charge is 0.296 e. The van der Waals surface area contributed by atoms with Crippen LogP contribution in [0.4, 0.5) is 0 Å². The second-order valence-electron chi connectivity index (χ2n) is 7.22. The fourth-order valence-corrected chi connectivity index (χ4v) is 3.96. The van der Waals surface area contributed by atoms with E-state index in [1.54, 1.807) is 48.8 Å². The maximum Gasteiger partial charge on any atom is 0.296 e. The topological polar surface area (TPSA) is 92.9 Å². The highest BCUT2D eigenvalue weighted by atomic mass is 16.5. The molecule has 2 aliphatic heterocycles. The van der Waals surface area contributed by atoms with E-state index in [4.69, 9.17) is 9.15 Å². The molecular formula is C23H18N2O5. The lowest BCUT2D eigenvalue weighted by molar-refractivity contribution is -0.140. The minimum atomic E-state index is -0.829. The van der Waals surface area contributed by atoms with E-state index in [1.165, 1.54) is 11.2 Å². The maximum atomic E-state index is 13.0. The molecule has 7 heteroatoms. The number of fused-ring (bicyclic) bond motifs is 1. The van der Waals surface area contributed by atoms with E-state index in [-0.39, 0.29) is 17.9 Å². The number of aromatic nitrogens is 1. The molecule has 0 aliphatic carbocycles. The summed E-state index contributed by atoms with van der Waals surface area (Å²) in [6, 6.07) is 11.4. The van der Waals surface area contributed by atoms with Gasteiger partial charge in [-0.15, -0.1) is 0 Å². The predicted octanol–water partition coefficient (Wildman–Crippen LogP) is 3.23. The molecule has 0 radical (unpaired) electrons. The molecule has 3 aromatic rings. The largest absolute Gasteiger partial charge is 0.507 e. The summed E-state index contributed by atoms with van der Waals surface area (Å²) in [7, 11) is 0. The highest BCUT2D eigenvalue weighted by Gasteiger charge is 2.47. The van der Waals surface area contributed by atoms with Gasteiger partial charge in [0.15, 0.2) is 0 Å². The number of benzene rings is 1. The van der Waals surface area contributed by atoms with Crippen LogP contribution in [0.15, 0.2) is 71.1 Å². The number of carbonyl (C=O) groups is 2. The van der Waals surface area contributed by atoms with Crippen molar-refractivity contribution in [1.29, 1.82) is 0 Å². The van der Waals surface area contributed by atoms with Crippen molar-refractivity contribution in [3.05, 3.63) is 89.1 Å². The van der Waals surface area contributed by atoms with E-state index in [0.717, 1.165) is 23.3 Å². The number of ether oxygens (including phenoxy) is 1. The van der Waals surface area contributed by atoms with Crippen LogP contribution in [0, 0.1) is 0 Å². The van der Waals surface area contributed by atoms with Crippen LogP contribution in [-0.2, 0) is 22.6 Å². The van der Waals surface area contributed by atoms with E-state index < -0.39 is 17.7 Å². The van der Waals surface area contributed by atoms with E-state index in [1.807, 2.05) is 6.07 Å². The van der Waals surface area contributed by atoms with Crippen molar-refractivity contribution >= 4 is 17.4 Å². The Bertz CT molecular complexity index is 1150. The third-order valence-electron chi connectivity index (χ3n) is 5.39. The molecule has 2 aliphatic rings. The highest BCUT2D eigenvalue weighted by molar-refractivity contribution is 6.46. The number of furan rings is 1. The fraction of sp³-hybridized carbons (Fsp3) is 0.174. The van der Waals surface area contributed by atoms with Gasteiger partial charge >= 0.3 is 0 Å². The van der Waals surface area contributed by atoms with Crippen LogP contribution in [-0.4, -0.2) is 33.3 Å². The minimum absolute atomic E-state index is 0.0118. The monoisotopic (exact) mass is 402 g/mol. The molecule has 4 heterocycles. The Morgan fingerprint density at radius 2 is 2.10 bits per heavy atom. The van der Waals surface area contributed by atoms with Crippen molar-refractivity contribution in [3.8, 4) is 5.75 Å². The first-order valence-corrected chi connectivity index (χ1v) is 9.60. The van der Waals surface area contributed by atoms with Crippen molar-refractivity contribution in [2.75, 3.05) is 6.61 Å². The van der Waals surface area contributed by atoms with Gasteiger partial charge in [0.1, 0.15) is 23.3 Å². The zero-order valence-electron chi connectivity index (χ0n) is 15.9. The lowest BCUT2D eigenvalue weighted by Crippen LogP contribution is -2.29. The summed E-state index contributed by atoms with van der Waals surface area (Å²) in [6.07, 6.45) is 5.48. The van der Waals surface area contributed by atoms with E-state index in [9.17, 15) is 14.7 Å². The van der Waals surface area contributed by atoms with Gasteiger partial charge in [0, 0.05) is 30.9 Å². The average Bonchev–Trinajstić information content (AvgIpc) is 3.50. The van der Waals surface area contributed by atoms with Crippen LogP contribution in [0.2, 0.25) is 0 Å².